The number of anilines is 2. The number of rotatable bonds is 4. The summed E-state index contributed by atoms with van der Waals surface area (Å²) < 4.78 is 44.6. The summed E-state index contributed by atoms with van der Waals surface area (Å²) in [7, 11) is 0. The average Bonchev–Trinajstić information content (AvgIpc) is 2.88. The Balaban J connectivity index is 1.44. The fraction of sp³-hybridized carbons (Fsp3) is 0.296. The second-order valence-electron chi connectivity index (χ2n) is 9.24. The van der Waals surface area contributed by atoms with Crippen LogP contribution >= 0.6 is 0 Å². The highest BCUT2D eigenvalue weighted by Gasteiger charge is 2.40. The summed E-state index contributed by atoms with van der Waals surface area (Å²) in [6, 6.07) is 12.9. The minimum atomic E-state index is -4.65. The normalized spacial score (nSPS) is 19.1. The molecule has 3 aromatic rings. The lowest BCUT2D eigenvalue weighted by Gasteiger charge is -2.45. The molecule has 0 bridgehead atoms. The van der Waals surface area contributed by atoms with Gasteiger partial charge in [-0.2, -0.15) is 13.2 Å². The number of nitrogens with one attached hydrogen (secondary N) is 1. The van der Waals surface area contributed by atoms with E-state index >= 15 is 0 Å². The molecule has 3 heterocycles. The second kappa shape index (κ2) is 9.51. The number of aliphatic carboxylic acids is 1. The first-order valence-electron chi connectivity index (χ1n) is 11.8. The summed E-state index contributed by atoms with van der Waals surface area (Å²) in [6.45, 7) is 3.38. The molecule has 2 aliphatic heterocycles. The average molecular weight is 512 g/mol. The summed E-state index contributed by atoms with van der Waals surface area (Å²) in [4.78, 5) is 30.0. The van der Waals surface area contributed by atoms with Crippen LogP contribution in [0.2, 0.25) is 0 Å². The SMILES string of the molecule is Cc1ccc(NC(=O)c2ccnc(C(F)(F)F)c2)cc1-c1ccc2c(c1)N1CCOC[C@H]1[C@@H](C(=O)O)C2. The van der Waals surface area contributed by atoms with E-state index in [2.05, 4.69) is 15.2 Å². The Bertz CT molecular complexity index is 1380. The number of hydrogen-bond acceptors (Lipinski definition) is 5. The van der Waals surface area contributed by atoms with Gasteiger partial charge >= 0.3 is 12.1 Å². The van der Waals surface area contributed by atoms with Gasteiger partial charge in [-0.15, -0.1) is 0 Å². The van der Waals surface area contributed by atoms with Crippen molar-refractivity contribution >= 4 is 23.3 Å². The zero-order valence-corrected chi connectivity index (χ0v) is 19.9. The zero-order valence-electron chi connectivity index (χ0n) is 19.9. The van der Waals surface area contributed by atoms with Gasteiger partial charge in [0.1, 0.15) is 5.69 Å². The van der Waals surface area contributed by atoms with Gasteiger partial charge in [-0.1, -0.05) is 18.2 Å². The number of hydrogen-bond donors (Lipinski definition) is 2. The second-order valence-corrected chi connectivity index (χ2v) is 9.24. The summed E-state index contributed by atoms with van der Waals surface area (Å²) >= 11 is 0. The first-order valence-corrected chi connectivity index (χ1v) is 11.8. The molecule has 2 atom stereocenters. The summed E-state index contributed by atoms with van der Waals surface area (Å²) in [5, 5.41) is 12.4. The Hall–Kier alpha value is -3.92. The van der Waals surface area contributed by atoms with Crippen LogP contribution in [0.25, 0.3) is 11.1 Å². The molecule has 5 rings (SSSR count). The first kappa shape index (κ1) is 24.8. The Labute approximate surface area is 210 Å². The number of benzene rings is 2. The minimum absolute atomic E-state index is 0.149. The highest BCUT2D eigenvalue weighted by atomic mass is 19.4. The van der Waals surface area contributed by atoms with Gasteiger partial charge in [0, 0.05) is 29.7 Å². The molecule has 0 unspecified atom stereocenters. The van der Waals surface area contributed by atoms with Crippen LogP contribution in [0, 0.1) is 12.8 Å². The topological polar surface area (TPSA) is 91.8 Å². The number of pyridine rings is 1. The number of amides is 1. The molecule has 1 saturated heterocycles. The monoisotopic (exact) mass is 511 g/mol. The number of carboxylic acid groups (broad SMARTS) is 1. The van der Waals surface area contributed by atoms with Gasteiger partial charge in [-0.3, -0.25) is 14.6 Å². The molecule has 1 aromatic heterocycles. The molecule has 1 fully saturated rings. The van der Waals surface area contributed by atoms with Crippen molar-refractivity contribution in [1.29, 1.82) is 0 Å². The molecule has 1 amide bonds. The predicted octanol–water partition coefficient (Wildman–Crippen LogP) is 4.79. The number of ether oxygens (including phenoxy) is 1. The van der Waals surface area contributed by atoms with E-state index in [1.807, 2.05) is 31.2 Å². The quantitative estimate of drug-likeness (QED) is 0.524. The van der Waals surface area contributed by atoms with Gasteiger partial charge in [0.2, 0.25) is 0 Å². The van der Waals surface area contributed by atoms with E-state index in [-0.39, 0.29) is 11.6 Å². The third-order valence-electron chi connectivity index (χ3n) is 6.90. The number of nitrogens with zero attached hydrogens (tertiary/aromatic N) is 2. The van der Waals surface area contributed by atoms with Gasteiger partial charge in [0.05, 0.1) is 25.2 Å². The lowest BCUT2D eigenvalue weighted by atomic mass is 9.84. The molecule has 0 aliphatic carbocycles. The molecule has 2 aliphatic rings. The summed E-state index contributed by atoms with van der Waals surface area (Å²) in [6.07, 6.45) is -3.28. The van der Waals surface area contributed by atoms with E-state index in [0.29, 0.717) is 31.9 Å². The molecule has 0 spiro atoms. The summed E-state index contributed by atoms with van der Waals surface area (Å²) in [5.41, 5.74) is 3.74. The van der Waals surface area contributed by atoms with E-state index in [1.165, 1.54) is 6.07 Å². The molecule has 7 nitrogen and oxygen atoms in total. The number of fused-ring (bicyclic) bond motifs is 3. The molecular weight excluding hydrogens is 487 g/mol. The van der Waals surface area contributed by atoms with Crippen LogP contribution in [-0.4, -0.2) is 47.8 Å². The van der Waals surface area contributed by atoms with Gasteiger partial charge < -0.3 is 20.1 Å². The maximum atomic E-state index is 13.0. The maximum absolute atomic E-state index is 13.0. The van der Waals surface area contributed by atoms with Crippen LogP contribution < -0.4 is 10.2 Å². The Morgan fingerprint density at radius 2 is 1.95 bits per heavy atom. The fourth-order valence-corrected chi connectivity index (χ4v) is 4.99. The van der Waals surface area contributed by atoms with Crippen LogP contribution in [0.1, 0.15) is 27.2 Å². The number of aromatic nitrogens is 1. The number of aryl methyl sites for hydroxylation is 1. The van der Waals surface area contributed by atoms with Gasteiger partial charge in [-0.25, -0.2) is 0 Å². The molecule has 10 heteroatoms. The van der Waals surface area contributed by atoms with Crippen molar-refractivity contribution in [2.24, 2.45) is 5.92 Å². The van der Waals surface area contributed by atoms with E-state index in [1.54, 1.807) is 12.1 Å². The van der Waals surface area contributed by atoms with Crippen LogP contribution in [-0.2, 0) is 22.1 Å². The molecule has 2 aromatic carbocycles. The highest BCUT2D eigenvalue weighted by Crippen LogP contribution is 2.39. The number of carbonyl (C=O) groups is 2. The largest absolute Gasteiger partial charge is 0.481 e. The zero-order chi connectivity index (χ0) is 26.3. The lowest BCUT2D eigenvalue weighted by Crippen LogP contribution is -2.54. The van der Waals surface area contributed by atoms with Crippen molar-refractivity contribution in [3.05, 3.63) is 77.1 Å². The van der Waals surface area contributed by atoms with Crippen LogP contribution in [0.15, 0.2) is 54.7 Å². The van der Waals surface area contributed by atoms with E-state index in [0.717, 1.165) is 40.2 Å². The maximum Gasteiger partial charge on any atom is 0.433 e. The van der Waals surface area contributed by atoms with E-state index in [4.69, 9.17) is 4.74 Å². The van der Waals surface area contributed by atoms with Crippen molar-refractivity contribution in [1.82, 2.24) is 4.98 Å². The number of carbonyl (C=O) groups excluding carboxylic acids is 1. The number of morpholine rings is 1. The first-order chi connectivity index (χ1) is 17.6. The molecular formula is C27H24F3N3O4. The van der Waals surface area contributed by atoms with E-state index < -0.39 is 29.7 Å². The third kappa shape index (κ3) is 4.89. The predicted molar refractivity (Wildman–Crippen MR) is 131 cm³/mol. The van der Waals surface area contributed by atoms with Crippen molar-refractivity contribution in [3.63, 3.8) is 0 Å². The van der Waals surface area contributed by atoms with Gasteiger partial charge in [-0.05, 0) is 65.9 Å². The number of halogens is 3. The third-order valence-corrected chi connectivity index (χ3v) is 6.90. The van der Waals surface area contributed by atoms with Crippen LogP contribution in [0.4, 0.5) is 24.5 Å². The van der Waals surface area contributed by atoms with E-state index in [9.17, 15) is 27.9 Å². The molecule has 192 valence electrons. The summed E-state index contributed by atoms with van der Waals surface area (Å²) in [5.74, 6) is -2.07. The van der Waals surface area contributed by atoms with Gasteiger partial charge in [0.25, 0.3) is 5.91 Å². The molecule has 0 radical (unpaired) electrons. The molecule has 0 saturated carbocycles. The Morgan fingerprint density at radius 3 is 2.70 bits per heavy atom. The van der Waals surface area contributed by atoms with Crippen LogP contribution in [0.5, 0.6) is 0 Å². The van der Waals surface area contributed by atoms with Crippen LogP contribution in [0.3, 0.4) is 0 Å². The highest BCUT2D eigenvalue weighted by molar-refractivity contribution is 6.04. The molecule has 2 N–H and O–H groups in total. The van der Waals surface area contributed by atoms with Crippen molar-refractivity contribution in [2.45, 2.75) is 25.6 Å². The number of carboxylic acids is 1. The van der Waals surface area contributed by atoms with Crippen molar-refractivity contribution in [3.8, 4) is 11.1 Å². The standard InChI is InChI=1S/C27H24F3N3O4/c1-15-2-5-19(32-25(34)18-6-7-31-24(12-18)27(28,29)30)13-20(15)16-3-4-17-10-21(26(35)36)23-14-37-9-8-33(23)22(17)11-16/h2-7,11-13,21,23H,8-10,14H2,1H3,(H,32,34)(H,35,36)/t21-,23-/m0/s1. The Kier molecular flexibility index (Phi) is 6.36. The lowest BCUT2D eigenvalue weighted by molar-refractivity contribution is -0.144. The number of alkyl halides is 3. The Morgan fingerprint density at radius 1 is 1.14 bits per heavy atom. The fourth-order valence-electron chi connectivity index (χ4n) is 4.99. The smallest absolute Gasteiger partial charge is 0.433 e. The van der Waals surface area contributed by atoms with Gasteiger partial charge in [0.15, 0.2) is 0 Å². The minimum Gasteiger partial charge on any atom is -0.481 e. The van der Waals surface area contributed by atoms with Crippen molar-refractivity contribution in [2.75, 3.05) is 30.0 Å². The molecule has 37 heavy (non-hydrogen) atoms. The van der Waals surface area contributed by atoms with Crippen molar-refractivity contribution < 1.29 is 32.6 Å².